The Morgan fingerprint density at radius 3 is 2.47 bits per heavy atom. The summed E-state index contributed by atoms with van der Waals surface area (Å²) in [6.07, 6.45) is 1.58. The summed E-state index contributed by atoms with van der Waals surface area (Å²) in [5.74, 6) is 0.934. The number of likely N-dealkylation sites (N-methyl/N-ethyl adjacent to an activating group) is 1. The van der Waals surface area contributed by atoms with Crippen LogP contribution in [0.3, 0.4) is 0 Å². The molecule has 4 rings (SSSR count). The van der Waals surface area contributed by atoms with Crippen LogP contribution in [-0.2, 0) is 10.0 Å². The van der Waals surface area contributed by atoms with Gasteiger partial charge < -0.3 is 15.1 Å². The minimum atomic E-state index is -3.74. The number of nitrogens with zero attached hydrogens (tertiary/aromatic N) is 5. The van der Waals surface area contributed by atoms with Crippen molar-refractivity contribution in [2.75, 3.05) is 48.2 Å². The van der Waals surface area contributed by atoms with Gasteiger partial charge in [0.2, 0.25) is 5.95 Å². The van der Waals surface area contributed by atoms with E-state index in [0.717, 1.165) is 31.7 Å². The number of hydrogen-bond acceptors (Lipinski definition) is 8. The SMILES string of the molecule is Cc1ccc(NS(=O)(=O)C(C)Nc2nc(N3CCN(C)CC3)nc3cnc(Cl)cc23)cc1. The van der Waals surface area contributed by atoms with Gasteiger partial charge in [-0.25, -0.2) is 18.4 Å². The van der Waals surface area contributed by atoms with Crippen LogP contribution in [0.5, 0.6) is 0 Å². The lowest BCUT2D eigenvalue weighted by molar-refractivity contribution is 0.311. The average Bonchev–Trinajstić information content (AvgIpc) is 2.76. The van der Waals surface area contributed by atoms with E-state index in [-0.39, 0.29) is 5.15 Å². The predicted molar refractivity (Wildman–Crippen MR) is 129 cm³/mol. The zero-order valence-corrected chi connectivity index (χ0v) is 19.8. The number of aromatic nitrogens is 3. The zero-order chi connectivity index (χ0) is 22.9. The van der Waals surface area contributed by atoms with Crippen LogP contribution in [0.15, 0.2) is 36.5 Å². The second kappa shape index (κ2) is 9.05. The largest absolute Gasteiger partial charge is 0.352 e. The monoisotopic (exact) mass is 475 g/mol. The van der Waals surface area contributed by atoms with E-state index in [1.807, 2.05) is 19.1 Å². The summed E-state index contributed by atoms with van der Waals surface area (Å²) in [4.78, 5) is 17.8. The standard InChI is InChI=1S/C21H26ClN7O2S/c1-14-4-6-16(7-5-14)27-32(30,31)15(2)24-20-17-12-19(22)23-13-18(17)25-21(26-20)29-10-8-28(3)9-11-29/h4-7,12-13,15,27H,8-11H2,1-3H3,(H,24,25,26). The van der Waals surface area contributed by atoms with Crippen molar-refractivity contribution in [3.63, 3.8) is 0 Å². The van der Waals surface area contributed by atoms with E-state index in [0.29, 0.717) is 28.4 Å². The average molecular weight is 476 g/mol. The Labute approximate surface area is 192 Å². The third kappa shape index (κ3) is 5.03. The summed E-state index contributed by atoms with van der Waals surface area (Å²) in [5.41, 5.74) is 2.15. The third-order valence-electron chi connectivity index (χ3n) is 5.44. The smallest absolute Gasteiger partial charge is 0.253 e. The molecule has 1 saturated heterocycles. The van der Waals surface area contributed by atoms with E-state index < -0.39 is 15.4 Å². The minimum Gasteiger partial charge on any atom is -0.352 e. The molecule has 1 aromatic carbocycles. The fourth-order valence-corrected chi connectivity index (χ4v) is 4.46. The molecule has 1 aliphatic rings. The number of nitrogens with one attached hydrogen (secondary N) is 2. The molecule has 2 N–H and O–H groups in total. The molecule has 2 aromatic heterocycles. The van der Waals surface area contributed by atoms with Crippen LogP contribution >= 0.6 is 11.6 Å². The van der Waals surface area contributed by atoms with Gasteiger partial charge in [-0.2, -0.15) is 4.98 Å². The molecule has 170 valence electrons. The maximum absolute atomic E-state index is 12.9. The molecule has 3 heterocycles. The first kappa shape index (κ1) is 22.5. The Balaban J connectivity index is 1.64. The van der Waals surface area contributed by atoms with Gasteiger partial charge in [0.05, 0.1) is 11.7 Å². The normalized spacial score (nSPS) is 16.2. The van der Waals surface area contributed by atoms with Crippen molar-refractivity contribution in [3.05, 3.63) is 47.2 Å². The third-order valence-corrected chi connectivity index (χ3v) is 7.22. The van der Waals surface area contributed by atoms with Crippen molar-refractivity contribution in [1.82, 2.24) is 19.9 Å². The van der Waals surface area contributed by atoms with Crippen LogP contribution in [0.1, 0.15) is 12.5 Å². The van der Waals surface area contributed by atoms with Crippen molar-refractivity contribution in [2.45, 2.75) is 19.2 Å². The second-order valence-corrected chi connectivity index (χ2v) is 10.4. The molecular weight excluding hydrogens is 450 g/mol. The Bertz CT molecular complexity index is 1210. The van der Waals surface area contributed by atoms with Gasteiger partial charge in [-0.3, -0.25) is 4.72 Å². The molecule has 0 radical (unpaired) electrons. The minimum absolute atomic E-state index is 0.282. The number of rotatable bonds is 6. The van der Waals surface area contributed by atoms with Crippen LogP contribution in [0.2, 0.25) is 5.15 Å². The van der Waals surface area contributed by atoms with E-state index in [1.54, 1.807) is 31.3 Å². The number of hydrogen-bond donors (Lipinski definition) is 2. The van der Waals surface area contributed by atoms with Gasteiger partial charge in [0.1, 0.15) is 16.3 Å². The molecule has 9 nitrogen and oxygen atoms in total. The van der Waals surface area contributed by atoms with Gasteiger partial charge in [-0.1, -0.05) is 29.3 Å². The molecule has 0 amide bonds. The van der Waals surface area contributed by atoms with Crippen LogP contribution < -0.4 is 14.9 Å². The first-order valence-electron chi connectivity index (χ1n) is 10.3. The molecule has 0 spiro atoms. The molecule has 0 aliphatic carbocycles. The van der Waals surface area contributed by atoms with E-state index in [9.17, 15) is 8.42 Å². The lowest BCUT2D eigenvalue weighted by Crippen LogP contribution is -2.45. The number of fused-ring (bicyclic) bond motifs is 1. The molecule has 1 fully saturated rings. The Kier molecular flexibility index (Phi) is 6.36. The molecular formula is C21H26ClN7O2S. The summed E-state index contributed by atoms with van der Waals surface area (Å²) in [6, 6.07) is 8.81. The molecule has 1 unspecified atom stereocenters. The summed E-state index contributed by atoms with van der Waals surface area (Å²) in [7, 11) is -1.66. The van der Waals surface area contributed by atoms with E-state index in [1.165, 1.54) is 0 Å². The fourth-order valence-electron chi connectivity index (χ4n) is 3.40. The number of aryl methyl sites for hydroxylation is 1. The van der Waals surface area contributed by atoms with Crippen molar-refractivity contribution in [3.8, 4) is 0 Å². The maximum atomic E-state index is 12.9. The van der Waals surface area contributed by atoms with E-state index in [4.69, 9.17) is 11.6 Å². The van der Waals surface area contributed by atoms with Crippen LogP contribution in [-0.4, -0.2) is 66.9 Å². The van der Waals surface area contributed by atoms with Gasteiger partial charge in [0, 0.05) is 37.3 Å². The van der Waals surface area contributed by atoms with Crippen molar-refractivity contribution < 1.29 is 8.42 Å². The van der Waals surface area contributed by atoms with Crippen LogP contribution in [0.4, 0.5) is 17.5 Å². The van der Waals surface area contributed by atoms with Crippen LogP contribution in [0.25, 0.3) is 10.9 Å². The summed E-state index contributed by atoms with van der Waals surface area (Å²) >= 11 is 6.10. The quantitative estimate of drug-likeness (QED) is 0.524. The van der Waals surface area contributed by atoms with Gasteiger partial charge in [0.25, 0.3) is 10.0 Å². The second-order valence-electron chi connectivity index (χ2n) is 7.99. The number of pyridine rings is 1. The van der Waals surface area contributed by atoms with Gasteiger partial charge in [-0.05, 0) is 39.1 Å². The van der Waals surface area contributed by atoms with Crippen molar-refractivity contribution >= 4 is 50.0 Å². The topological polar surface area (TPSA) is 103 Å². The number of piperazine rings is 1. The number of sulfonamides is 1. The Morgan fingerprint density at radius 2 is 1.78 bits per heavy atom. The lowest BCUT2D eigenvalue weighted by atomic mass is 10.2. The van der Waals surface area contributed by atoms with Crippen LogP contribution in [0, 0.1) is 6.92 Å². The molecule has 1 aliphatic heterocycles. The molecule has 3 aromatic rings. The number of anilines is 3. The number of benzene rings is 1. The first-order chi connectivity index (χ1) is 15.2. The van der Waals surface area contributed by atoms with Gasteiger partial charge in [-0.15, -0.1) is 0 Å². The van der Waals surface area contributed by atoms with Crippen molar-refractivity contribution in [1.29, 1.82) is 0 Å². The Hall–Kier alpha value is -2.69. The molecule has 11 heteroatoms. The van der Waals surface area contributed by atoms with Gasteiger partial charge >= 0.3 is 0 Å². The fraction of sp³-hybridized carbons (Fsp3) is 0.381. The highest BCUT2D eigenvalue weighted by Crippen LogP contribution is 2.27. The maximum Gasteiger partial charge on any atom is 0.253 e. The highest BCUT2D eigenvalue weighted by Gasteiger charge is 2.24. The van der Waals surface area contributed by atoms with Gasteiger partial charge in [0.15, 0.2) is 0 Å². The van der Waals surface area contributed by atoms with Crippen molar-refractivity contribution in [2.24, 2.45) is 0 Å². The predicted octanol–water partition coefficient (Wildman–Crippen LogP) is 2.94. The Morgan fingerprint density at radius 1 is 1.09 bits per heavy atom. The van der Waals surface area contributed by atoms with E-state index in [2.05, 4.69) is 41.8 Å². The molecule has 32 heavy (non-hydrogen) atoms. The highest BCUT2D eigenvalue weighted by molar-refractivity contribution is 7.93. The number of halogens is 1. The van der Waals surface area contributed by atoms with E-state index >= 15 is 0 Å². The molecule has 0 saturated carbocycles. The zero-order valence-electron chi connectivity index (χ0n) is 18.2. The molecule has 0 bridgehead atoms. The highest BCUT2D eigenvalue weighted by atomic mass is 35.5. The lowest BCUT2D eigenvalue weighted by Gasteiger charge is -2.32. The summed E-state index contributed by atoms with van der Waals surface area (Å²) in [5, 5.41) is 2.98. The summed E-state index contributed by atoms with van der Waals surface area (Å²) in [6.45, 7) is 6.88. The first-order valence-corrected chi connectivity index (χ1v) is 12.3. The molecule has 1 atom stereocenters. The summed E-state index contributed by atoms with van der Waals surface area (Å²) < 4.78 is 28.5.